The van der Waals surface area contributed by atoms with E-state index >= 15 is 0 Å². The van der Waals surface area contributed by atoms with E-state index < -0.39 is 10.7 Å². The van der Waals surface area contributed by atoms with Crippen molar-refractivity contribution >= 4 is 21.6 Å². The zero-order valence-corrected chi connectivity index (χ0v) is 12.6. The summed E-state index contributed by atoms with van der Waals surface area (Å²) < 4.78 is 19.0. The van der Waals surface area contributed by atoms with Gasteiger partial charge in [-0.25, -0.2) is 4.39 Å². The second-order valence-electron chi connectivity index (χ2n) is 4.55. The molecule has 1 atom stereocenters. The average Bonchev–Trinajstić information content (AvgIpc) is 2.33. The first-order valence-electron chi connectivity index (χ1n) is 6.09. The third-order valence-electron chi connectivity index (χ3n) is 2.92. The van der Waals surface area contributed by atoms with Crippen LogP contribution in [0.4, 0.5) is 10.1 Å². The lowest BCUT2D eigenvalue weighted by Gasteiger charge is -2.12. The minimum atomic E-state index is -0.689. The van der Waals surface area contributed by atoms with Crippen molar-refractivity contribution in [2.75, 3.05) is 11.9 Å². The van der Waals surface area contributed by atoms with Crippen LogP contribution in [-0.4, -0.2) is 16.9 Å². The molecule has 6 heteroatoms. The lowest BCUT2D eigenvalue weighted by Crippen LogP contribution is -2.06. The lowest BCUT2D eigenvalue weighted by atomic mass is 10.1. The van der Waals surface area contributed by atoms with Crippen molar-refractivity contribution in [1.82, 2.24) is 0 Å². The Kier molecular flexibility index (Phi) is 6.21. The number of nitrogens with zero attached hydrogens (tertiary/aromatic N) is 1. The zero-order valence-electron chi connectivity index (χ0n) is 11.0. The number of aryl methyl sites for hydroxylation is 1. The summed E-state index contributed by atoms with van der Waals surface area (Å²) in [6.45, 7) is 4.07. The van der Waals surface area contributed by atoms with Gasteiger partial charge in [-0.15, -0.1) is 0 Å². The van der Waals surface area contributed by atoms with Gasteiger partial charge in [0.05, 0.1) is 17.6 Å². The monoisotopic (exact) mass is 333 g/mol. The SMILES string of the molecule is Cc1cc(OCCC(C)CCBr)c(F)cc1[N+](=O)[O-]. The lowest BCUT2D eigenvalue weighted by molar-refractivity contribution is -0.385. The minimum absolute atomic E-state index is 0.0779. The van der Waals surface area contributed by atoms with Gasteiger partial charge in [0.15, 0.2) is 11.6 Å². The highest BCUT2D eigenvalue weighted by atomic mass is 79.9. The highest BCUT2D eigenvalue weighted by molar-refractivity contribution is 9.09. The Hall–Kier alpha value is -1.17. The summed E-state index contributed by atoms with van der Waals surface area (Å²) in [5.74, 6) is -0.124. The standard InChI is InChI=1S/C13H17BrFNO3/c1-9(3-5-14)4-6-19-13-7-10(2)12(16(17)18)8-11(13)15/h7-9H,3-6H2,1-2H3. The van der Waals surface area contributed by atoms with Crippen molar-refractivity contribution < 1.29 is 14.1 Å². The van der Waals surface area contributed by atoms with E-state index in [1.165, 1.54) is 6.07 Å². The van der Waals surface area contributed by atoms with Gasteiger partial charge in [0.1, 0.15) is 0 Å². The topological polar surface area (TPSA) is 52.4 Å². The Labute approximate surface area is 120 Å². The van der Waals surface area contributed by atoms with Crippen LogP contribution in [0.1, 0.15) is 25.3 Å². The quantitative estimate of drug-likeness (QED) is 0.426. The van der Waals surface area contributed by atoms with Gasteiger partial charge in [0, 0.05) is 10.9 Å². The van der Waals surface area contributed by atoms with Crippen LogP contribution in [0.15, 0.2) is 12.1 Å². The summed E-state index contributed by atoms with van der Waals surface area (Å²) in [5.41, 5.74) is 0.174. The summed E-state index contributed by atoms with van der Waals surface area (Å²) in [6.07, 6.45) is 1.85. The fourth-order valence-electron chi connectivity index (χ4n) is 1.65. The van der Waals surface area contributed by atoms with Crippen molar-refractivity contribution in [3.63, 3.8) is 0 Å². The van der Waals surface area contributed by atoms with E-state index in [1.54, 1.807) is 6.92 Å². The number of hydrogen-bond donors (Lipinski definition) is 0. The molecule has 0 saturated carbocycles. The summed E-state index contributed by atoms with van der Waals surface area (Å²) in [5, 5.41) is 11.6. The van der Waals surface area contributed by atoms with Crippen molar-refractivity contribution in [1.29, 1.82) is 0 Å². The normalized spacial score (nSPS) is 12.2. The van der Waals surface area contributed by atoms with Crippen LogP contribution in [0.3, 0.4) is 0 Å². The van der Waals surface area contributed by atoms with Gasteiger partial charge in [0.2, 0.25) is 0 Å². The van der Waals surface area contributed by atoms with Gasteiger partial charge in [-0.1, -0.05) is 22.9 Å². The molecule has 4 nitrogen and oxygen atoms in total. The van der Waals surface area contributed by atoms with Crippen molar-refractivity contribution in [3.05, 3.63) is 33.6 Å². The van der Waals surface area contributed by atoms with E-state index in [0.717, 1.165) is 24.2 Å². The molecule has 1 unspecified atom stereocenters. The molecule has 0 aliphatic carbocycles. The number of rotatable bonds is 7. The second kappa shape index (κ2) is 7.43. The highest BCUT2D eigenvalue weighted by Gasteiger charge is 2.16. The Balaban J connectivity index is 2.65. The number of nitro benzene ring substituents is 1. The van der Waals surface area contributed by atoms with Crippen molar-refractivity contribution in [3.8, 4) is 5.75 Å². The van der Waals surface area contributed by atoms with E-state index in [-0.39, 0.29) is 11.4 Å². The summed E-state index contributed by atoms with van der Waals surface area (Å²) >= 11 is 3.36. The maximum absolute atomic E-state index is 13.6. The van der Waals surface area contributed by atoms with E-state index in [1.807, 2.05) is 0 Å². The van der Waals surface area contributed by atoms with Gasteiger partial charge >= 0.3 is 0 Å². The number of benzene rings is 1. The van der Waals surface area contributed by atoms with Crippen LogP contribution >= 0.6 is 15.9 Å². The molecule has 0 fully saturated rings. The van der Waals surface area contributed by atoms with Gasteiger partial charge in [-0.05, 0) is 31.7 Å². The zero-order chi connectivity index (χ0) is 14.4. The fraction of sp³-hybridized carbons (Fsp3) is 0.538. The van der Waals surface area contributed by atoms with E-state index in [4.69, 9.17) is 4.74 Å². The molecule has 1 aromatic carbocycles. The van der Waals surface area contributed by atoms with Crippen molar-refractivity contribution in [2.45, 2.75) is 26.7 Å². The van der Waals surface area contributed by atoms with Crippen LogP contribution in [0, 0.1) is 28.8 Å². The molecule has 0 N–H and O–H groups in total. The molecule has 0 amide bonds. The fourth-order valence-corrected chi connectivity index (χ4v) is 2.43. The van der Waals surface area contributed by atoms with Crippen LogP contribution in [0.25, 0.3) is 0 Å². The van der Waals surface area contributed by atoms with Crippen LogP contribution in [0.5, 0.6) is 5.75 Å². The minimum Gasteiger partial charge on any atom is -0.490 e. The molecule has 0 heterocycles. The van der Waals surface area contributed by atoms with Gasteiger partial charge < -0.3 is 4.74 Å². The molecule has 0 aromatic heterocycles. The molecule has 0 bridgehead atoms. The molecule has 1 aromatic rings. The summed E-state index contributed by atoms with van der Waals surface area (Å²) in [7, 11) is 0. The second-order valence-corrected chi connectivity index (χ2v) is 5.34. The molecule has 0 aliphatic rings. The molecule has 106 valence electrons. The largest absolute Gasteiger partial charge is 0.490 e. The Bertz CT molecular complexity index is 454. The number of halogens is 2. The van der Waals surface area contributed by atoms with Crippen LogP contribution in [-0.2, 0) is 0 Å². The molecule has 19 heavy (non-hydrogen) atoms. The molecule has 0 spiro atoms. The molecule has 0 aliphatic heterocycles. The number of ether oxygens (including phenoxy) is 1. The van der Waals surface area contributed by atoms with Gasteiger partial charge in [0.25, 0.3) is 5.69 Å². The van der Waals surface area contributed by atoms with E-state index in [9.17, 15) is 14.5 Å². The predicted molar refractivity (Wildman–Crippen MR) is 75.5 cm³/mol. The predicted octanol–water partition coefficient (Wildman–Crippen LogP) is 4.23. The molecular formula is C13H17BrFNO3. The van der Waals surface area contributed by atoms with Crippen LogP contribution < -0.4 is 4.74 Å². The third kappa shape index (κ3) is 4.78. The summed E-state index contributed by atoms with van der Waals surface area (Å²) in [6, 6.07) is 2.29. The Morgan fingerprint density at radius 2 is 2.16 bits per heavy atom. The van der Waals surface area contributed by atoms with Crippen molar-refractivity contribution in [2.24, 2.45) is 5.92 Å². The first kappa shape index (κ1) is 15.9. The summed E-state index contributed by atoms with van der Waals surface area (Å²) in [4.78, 5) is 10.1. The maximum Gasteiger partial charge on any atom is 0.275 e. The number of nitro groups is 1. The number of alkyl halides is 1. The Morgan fingerprint density at radius 3 is 2.74 bits per heavy atom. The Morgan fingerprint density at radius 1 is 1.47 bits per heavy atom. The van der Waals surface area contributed by atoms with E-state index in [0.29, 0.717) is 18.1 Å². The van der Waals surface area contributed by atoms with Gasteiger partial charge in [-0.3, -0.25) is 10.1 Å². The molecular weight excluding hydrogens is 317 g/mol. The highest BCUT2D eigenvalue weighted by Crippen LogP contribution is 2.27. The first-order valence-corrected chi connectivity index (χ1v) is 7.21. The molecule has 0 radical (unpaired) electrons. The average molecular weight is 334 g/mol. The molecule has 0 saturated heterocycles. The smallest absolute Gasteiger partial charge is 0.275 e. The van der Waals surface area contributed by atoms with Gasteiger partial charge in [-0.2, -0.15) is 0 Å². The number of hydrogen-bond acceptors (Lipinski definition) is 3. The maximum atomic E-state index is 13.6. The first-order chi connectivity index (χ1) is 8.95. The third-order valence-corrected chi connectivity index (χ3v) is 3.38. The van der Waals surface area contributed by atoms with E-state index in [2.05, 4.69) is 22.9 Å². The van der Waals surface area contributed by atoms with Crippen LogP contribution in [0.2, 0.25) is 0 Å². The molecule has 1 rings (SSSR count).